The van der Waals surface area contributed by atoms with Crippen LogP contribution in [0, 0.1) is 0 Å². The van der Waals surface area contributed by atoms with E-state index in [0.29, 0.717) is 5.82 Å². The standard InChI is InChI=1S/C30H35ClN6S/c1-5-7-9-13-24-22(27-33-34-28(37(27)35-24)29-32-17-19-38-29)12-10-11-14-26-30(3,4)23-20-21(31)15-16-25(23)36(26)18-8-6-2/h10-12,14-17,19-20H,5-9,13,18H2,1-4H3/b11-10+,22-12-,26-14+. The van der Waals surface area contributed by atoms with Gasteiger partial charge in [0.1, 0.15) is 0 Å². The van der Waals surface area contributed by atoms with Crippen LogP contribution in [0.5, 0.6) is 0 Å². The van der Waals surface area contributed by atoms with E-state index in [1.54, 1.807) is 17.5 Å². The van der Waals surface area contributed by atoms with E-state index in [9.17, 15) is 0 Å². The molecule has 4 heterocycles. The highest BCUT2D eigenvalue weighted by Crippen LogP contribution is 2.48. The molecule has 0 unspecified atom stereocenters. The topological polar surface area (TPSA) is 59.2 Å². The van der Waals surface area contributed by atoms with E-state index >= 15 is 0 Å². The van der Waals surface area contributed by atoms with Crippen LogP contribution in [0.2, 0.25) is 5.02 Å². The van der Waals surface area contributed by atoms with Crippen molar-refractivity contribution in [3.8, 4) is 10.8 Å². The van der Waals surface area contributed by atoms with Crippen molar-refractivity contribution in [1.82, 2.24) is 24.8 Å². The molecule has 38 heavy (non-hydrogen) atoms. The Labute approximate surface area is 233 Å². The van der Waals surface area contributed by atoms with Gasteiger partial charge in [-0.3, -0.25) is 0 Å². The predicted molar refractivity (Wildman–Crippen MR) is 159 cm³/mol. The smallest absolute Gasteiger partial charge is 0.214 e. The zero-order valence-corrected chi connectivity index (χ0v) is 24.2. The fourth-order valence-electron chi connectivity index (χ4n) is 5.21. The summed E-state index contributed by atoms with van der Waals surface area (Å²) in [5.41, 5.74) is 5.54. The van der Waals surface area contributed by atoms with Gasteiger partial charge in [0.05, 0.1) is 5.69 Å². The molecule has 6 nitrogen and oxygen atoms in total. The van der Waals surface area contributed by atoms with Crippen LogP contribution < -0.4 is 10.1 Å². The monoisotopic (exact) mass is 546 g/mol. The van der Waals surface area contributed by atoms with Gasteiger partial charge in [-0.15, -0.1) is 21.5 Å². The third-order valence-corrected chi connectivity index (χ3v) is 8.28. The molecule has 8 heteroatoms. The molecule has 5 rings (SSSR count). The summed E-state index contributed by atoms with van der Waals surface area (Å²) in [5.74, 6) is 0.702. The molecule has 0 atom stereocenters. The number of benzene rings is 1. The van der Waals surface area contributed by atoms with Gasteiger partial charge in [0.25, 0.3) is 0 Å². The van der Waals surface area contributed by atoms with E-state index in [2.05, 4.69) is 84.2 Å². The van der Waals surface area contributed by atoms with Crippen LogP contribution >= 0.6 is 22.9 Å². The van der Waals surface area contributed by atoms with Crippen LogP contribution in [-0.4, -0.2) is 31.3 Å². The summed E-state index contributed by atoms with van der Waals surface area (Å²) in [6.45, 7) is 10.0. The van der Waals surface area contributed by atoms with Gasteiger partial charge in [-0.05, 0) is 55.2 Å². The molecule has 3 aromatic heterocycles. The molecule has 0 N–H and O–H groups in total. The summed E-state index contributed by atoms with van der Waals surface area (Å²) in [6, 6.07) is 6.27. The van der Waals surface area contributed by atoms with Gasteiger partial charge in [0.15, 0.2) is 10.7 Å². The van der Waals surface area contributed by atoms with E-state index < -0.39 is 0 Å². The minimum Gasteiger partial charge on any atom is -0.344 e. The van der Waals surface area contributed by atoms with E-state index in [4.69, 9.17) is 16.7 Å². The zero-order valence-electron chi connectivity index (χ0n) is 22.6. The van der Waals surface area contributed by atoms with E-state index in [-0.39, 0.29) is 5.41 Å². The SMILES string of the molecule is CCCCCc1nn2c(-c3nccs3)nnc2\c1=C/C=C/C=C1/N(CCCC)c2ccc(Cl)cc2C1(C)C. The third kappa shape index (κ3) is 5.02. The molecule has 0 saturated carbocycles. The predicted octanol–water partition coefficient (Wildman–Crippen LogP) is 7.17. The average Bonchev–Trinajstić information content (AvgIpc) is 3.66. The number of anilines is 1. The lowest BCUT2D eigenvalue weighted by atomic mass is 9.83. The Balaban J connectivity index is 1.51. The number of nitrogens with zero attached hydrogens (tertiary/aromatic N) is 6. The van der Waals surface area contributed by atoms with Gasteiger partial charge in [0, 0.05) is 45.2 Å². The molecule has 0 spiro atoms. The summed E-state index contributed by atoms with van der Waals surface area (Å²) < 4.78 is 1.85. The molecule has 0 saturated heterocycles. The van der Waals surface area contributed by atoms with Gasteiger partial charge >= 0.3 is 0 Å². The minimum absolute atomic E-state index is 0.131. The summed E-state index contributed by atoms with van der Waals surface area (Å²) in [6.07, 6.45) is 17.1. The molecule has 1 aliphatic rings. The summed E-state index contributed by atoms with van der Waals surface area (Å²) in [7, 11) is 0. The number of unbranched alkanes of at least 4 members (excludes halogenated alkanes) is 3. The fraction of sp³-hybridized carbons (Fsp3) is 0.400. The molecule has 198 valence electrons. The van der Waals surface area contributed by atoms with Crippen LogP contribution in [0.25, 0.3) is 22.6 Å². The van der Waals surface area contributed by atoms with Crippen molar-refractivity contribution in [2.24, 2.45) is 0 Å². The first-order valence-electron chi connectivity index (χ1n) is 13.6. The van der Waals surface area contributed by atoms with Crippen molar-refractivity contribution in [2.75, 3.05) is 11.4 Å². The first-order chi connectivity index (χ1) is 18.5. The number of aryl methyl sites for hydroxylation is 1. The van der Waals surface area contributed by atoms with Gasteiger partial charge in [-0.25, -0.2) is 4.98 Å². The number of fused-ring (bicyclic) bond motifs is 2. The lowest BCUT2D eigenvalue weighted by Gasteiger charge is -2.26. The maximum Gasteiger partial charge on any atom is 0.214 e. The van der Waals surface area contributed by atoms with E-state index in [0.717, 1.165) is 58.8 Å². The highest BCUT2D eigenvalue weighted by molar-refractivity contribution is 7.13. The van der Waals surface area contributed by atoms with Gasteiger partial charge in [0.2, 0.25) is 5.82 Å². The number of hydrogen-bond donors (Lipinski definition) is 0. The number of rotatable bonds is 10. The molecular formula is C30H35ClN6S. The molecule has 0 radical (unpaired) electrons. The van der Waals surface area contributed by atoms with Crippen molar-refractivity contribution in [3.05, 3.63) is 75.2 Å². The largest absolute Gasteiger partial charge is 0.344 e. The van der Waals surface area contributed by atoms with Crippen LogP contribution in [0.4, 0.5) is 5.69 Å². The molecular weight excluding hydrogens is 512 g/mol. The van der Waals surface area contributed by atoms with Crippen molar-refractivity contribution < 1.29 is 0 Å². The van der Waals surface area contributed by atoms with Gasteiger partial charge in [-0.2, -0.15) is 9.61 Å². The summed E-state index contributed by atoms with van der Waals surface area (Å²) in [4.78, 5) is 6.87. The number of thiazole rings is 1. The van der Waals surface area contributed by atoms with Crippen molar-refractivity contribution in [1.29, 1.82) is 0 Å². The van der Waals surface area contributed by atoms with Crippen molar-refractivity contribution in [2.45, 2.75) is 71.6 Å². The lowest BCUT2D eigenvalue weighted by molar-refractivity contribution is 0.624. The first kappa shape index (κ1) is 26.6. The molecule has 1 aromatic carbocycles. The van der Waals surface area contributed by atoms with Gasteiger partial charge in [-0.1, -0.05) is 70.7 Å². The lowest BCUT2D eigenvalue weighted by Crippen LogP contribution is -2.26. The van der Waals surface area contributed by atoms with Crippen molar-refractivity contribution in [3.63, 3.8) is 0 Å². The average molecular weight is 547 g/mol. The number of allylic oxidation sites excluding steroid dienone is 4. The van der Waals surface area contributed by atoms with Gasteiger partial charge < -0.3 is 4.90 Å². The number of hydrogen-bond acceptors (Lipinski definition) is 6. The number of aromatic nitrogens is 5. The summed E-state index contributed by atoms with van der Waals surface area (Å²) >= 11 is 7.95. The Morgan fingerprint density at radius 3 is 2.61 bits per heavy atom. The molecule has 0 fully saturated rings. The molecule has 0 bridgehead atoms. The second-order valence-electron chi connectivity index (χ2n) is 10.3. The normalized spacial score (nSPS) is 16.5. The van der Waals surface area contributed by atoms with Crippen LogP contribution in [0.1, 0.15) is 71.1 Å². The highest BCUT2D eigenvalue weighted by atomic mass is 35.5. The number of halogens is 1. The zero-order chi connectivity index (χ0) is 26.7. The fourth-order valence-corrected chi connectivity index (χ4v) is 5.99. The highest BCUT2D eigenvalue weighted by Gasteiger charge is 2.39. The van der Waals surface area contributed by atoms with Crippen molar-refractivity contribution >= 4 is 40.3 Å². The van der Waals surface area contributed by atoms with Crippen LogP contribution in [-0.2, 0) is 11.8 Å². The van der Waals surface area contributed by atoms with Crippen LogP contribution in [0.15, 0.2) is 53.7 Å². The van der Waals surface area contributed by atoms with Crippen LogP contribution in [0.3, 0.4) is 0 Å². The molecule has 4 aromatic rings. The van der Waals surface area contributed by atoms with E-state index in [1.165, 1.54) is 29.8 Å². The third-order valence-electron chi connectivity index (χ3n) is 7.27. The first-order valence-corrected chi connectivity index (χ1v) is 14.8. The summed E-state index contributed by atoms with van der Waals surface area (Å²) in [5, 5.41) is 18.4. The Kier molecular flexibility index (Phi) is 7.96. The second-order valence-corrected chi connectivity index (χ2v) is 11.6. The van der Waals surface area contributed by atoms with E-state index in [1.807, 2.05) is 16.0 Å². The second kappa shape index (κ2) is 11.4. The molecule has 1 aliphatic heterocycles. The Hall–Kier alpha value is -3.03. The quantitative estimate of drug-likeness (QED) is 0.197. The maximum atomic E-state index is 6.40. The molecule has 0 amide bonds. The Morgan fingerprint density at radius 1 is 1.03 bits per heavy atom. The maximum absolute atomic E-state index is 6.40. The minimum atomic E-state index is -0.131. The Bertz CT molecular complexity index is 1520. The Morgan fingerprint density at radius 2 is 1.84 bits per heavy atom. The molecule has 0 aliphatic carbocycles.